The van der Waals surface area contributed by atoms with Crippen LogP contribution in [0.15, 0.2) is 34.2 Å². The largest absolute Gasteiger partial charge is 0.398 e. The number of aryl methyl sites for hydroxylation is 1. The van der Waals surface area contributed by atoms with Gasteiger partial charge in [0.25, 0.3) is 0 Å². The molecule has 0 aliphatic heterocycles. The molecule has 0 radical (unpaired) electrons. The summed E-state index contributed by atoms with van der Waals surface area (Å²) in [6, 6.07) is 5.46. The number of halogens is 4. The van der Waals surface area contributed by atoms with Crippen molar-refractivity contribution >= 4 is 17.4 Å². The van der Waals surface area contributed by atoms with E-state index >= 15 is 0 Å². The van der Waals surface area contributed by atoms with Crippen LogP contribution >= 0.6 is 11.8 Å². The Hall–Kier alpha value is -2.36. The summed E-state index contributed by atoms with van der Waals surface area (Å²) >= 11 is 0.379. The number of hydrogen-bond acceptors (Lipinski definition) is 4. The lowest BCUT2D eigenvalue weighted by Crippen LogP contribution is -2.20. The summed E-state index contributed by atoms with van der Waals surface area (Å²) in [6.45, 7) is 1.63. The number of hydrogen-bond donors (Lipinski definition) is 1. The van der Waals surface area contributed by atoms with Gasteiger partial charge in [-0.15, -0.1) is 0 Å². The standard InChI is InChI=1S/C14H10F4N4OS/c1-7-10(8-2-4-9(15)5-3-8)11-19-12(24-6-14(16,17)18)20-13(23)22(11)21-7/h2-5H,6H2,1H3,(H,19,20,23). The molecule has 0 aliphatic carbocycles. The highest BCUT2D eigenvalue weighted by Crippen LogP contribution is 2.29. The van der Waals surface area contributed by atoms with Crippen LogP contribution in [0.2, 0.25) is 0 Å². The van der Waals surface area contributed by atoms with Crippen LogP contribution in [-0.4, -0.2) is 31.5 Å². The highest BCUT2D eigenvalue weighted by atomic mass is 32.2. The molecule has 0 saturated heterocycles. The molecule has 126 valence electrons. The lowest BCUT2D eigenvalue weighted by molar-refractivity contribution is -0.105. The summed E-state index contributed by atoms with van der Waals surface area (Å²) in [4.78, 5) is 18.4. The van der Waals surface area contributed by atoms with Gasteiger partial charge in [-0.25, -0.2) is 14.2 Å². The monoisotopic (exact) mass is 358 g/mol. The summed E-state index contributed by atoms with van der Waals surface area (Å²) < 4.78 is 51.1. The fourth-order valence-corrected chi connectivity index (χ4v) is 2.81. The predicted octanol–water partition coefficient (Wildman–Crippen LogP) is 3.19. The second-order valence-corrected chi connectivity index (χ2v) is 5.92. The molecule has 0 amide bonds. The molecule has 2 heterocycles. The molecule has 0 unspecified atom stereocenters. The van der Waals surface area contributed by atoms with Gasteiger partial charge in [-0.1, -0.05) is 23.9 Å². The van der Waals surface area contributed by atoms with Gasteiger partial charge in [-0.2, -0.15) is 22.8 Å². The van der Waals surface area contributed by atoms with Gasteiger partial charge in [-0.05, 0) is 24.6 Å². The van der Waals surface area contributed by atoms with Crippen LogP contribution in [0.25, 0.3) is 16.8 Å². The average molecular weight is 358 g/mol. The molecule has 3 rings (SSSR count). The number of fused-ring (bicyclic) bond motifs is 1. The van der Waals surface area contributed by atoms with Crippen molar-refractivity contribution in [1.29, 1.82) is 0 Å². The van der Waals surface area contributed by atoms with Crippen molar-refractivity contribution in [2.75, 3.05) is 5.75 Å². The number of aromatic nitrogens is 4. The van der Waals surface area contributed by atoms with E-state index < -0.39 is 23.4 Å². The molecule has 5 nitrogen and oxygen atoms in total. The Balaban J connectivity index is 2.12. The van der Waals surface area contributed by atoms with Crippen molar-refractivity contribution in [3.8, 4) is 11.1 Å². The molecule has 10 heteroatoms. The molecule has 0 saturated carbocycles. The third-order valence-corrected chi connectivity index (χ3v) is 4.09. The highest BCUT2D eigenvalue weighted by molar-refractivity contribution is 7.99. The topological polar surface area (TPSA) is 63.1 Å². The van der Waals surface area contributed by atoms with E-state index in [0.29, 0.717) is 28.6 Å². The number of nitrogens with one attached hydrogen (secondary N) is 1. The second kappa shape index (κ2) is 5.93. The summed E-state index contributed by atoms with van der Waals surface area (Å²) in [5.41, 5.74) is 0.912. The third kappa shape index (κ3) is 3.28. The van der Waals surface area contributed by atoms with E-state index in [0.717, 1.165) is 4.52 Å². The van der Waals surface area contributed by atoms with Crippen molar-refractivity contribution in [3.05, 3.63) is 46.3 Å². The zero-order valence-corrected chi connectivity index (χ0v) is 13.0. The van der Waals surface area contributed by atoms with Gasteiger partial charge in [0, 0.05) is 5.56 Å². The van der Waals surface area contributed by atoms with Gasteiger partial charge in [-0.3, -0.25) is 4.98 Å². The molecule has 0 aliphatic rings. The van der Waals surface area contributed by atoms with Crippen LogP contribution in [0.4, 0.5) is 17.6 Å². The molecular formula is C14H10F4N4OS. The number of rotatable bonds is 3. The van der Waals surface area contributed by atoms with Gasteiger partial charge in [0.2, 0.25) is 0 Å². The number of benzene rings is 1. The maximum absolute atomic E-state index is 13.1. The zero-order chi connectivity index (χ0) is 17.5. The van der Waals surface area contributed by atoms with Gasteiger partial charge in [0.05, 0.1) is 11.4 Å². The smallest absolute Gasteiger partial charge is 0.285 e. The minimum atomic E-state index is -4.38. The van der Waals surface area contributed by atoms with Crippen LogP contribution in [0.1, 0.15) is 5.69 Å². The van der Waals surface area contributed by atoms with Crippen molar-refractivity contribution < 1.29 is 17.6 Å². The Labute approximate surface area is 136 Å². The minimum Gasteiger partial charge on any atom is -0.285 e. The number of H-pyrrole nitrogens is 1. The number of aromatic amines is 1. The summed E-state index contributed by atoms with van der Waals surface area (Å²) in [6.07, 6.45) is -4.38. The van der Waals surface area contributed by atoms with E-state index in [1.807, 2.05) is 0 Å². The normalized spacial score (nSPS) is 12.0. The van der Waals surface area contributed by atoms with Crippen LogP contribution in [0.3, 0.4) is 0 Å². The van der Waals surface area contributed by atoms with Gasteiger partial charge in [0.1, 0.15) is 5.82 Å². The first-order chi connectivity index (χ1) is 11.2. The van der Waals surface area contributed by atoms with Crippen molar-refractivity contribution in [2.45, 2.75) is 18.3 Å². The Kier molecular flexibility index (Phi) is 4.08. The van der Waals surface area contributed by atoms with Crippen molar-refractivity contribution in [3.63, 3.8) is 0 Å². The highest BCUT2D eigenvalue weighted by Gasteiger charge is 2.28. The Bertz CT molecular complexity index is 946. The predicted molar refractivity (Wildman–Crippen MR) is 80.5 cm³/mol. The SMILES string of the molecule is Cc1nn2c(=O)[nH]c(SCC(F)(F)F)nc2c1-c1ccc(F)cc1. The molecule has 3 aromatic rings. The van der Waals surface area contributed by atoms with E-state index in [1.54, 1.807) is 6.92 Å². The van der Waals surface area contributed by atoms with E-state index in [1.165, 1.54) is 24.3 Å². The lowest BCUT2D eigenvalue weighted by atomic mass is 10.1. The Morgan fingerprint density at radius 1 is 1.25 bits per heavy atom. The van der Waals surface area contributed by atoms with E-state index in [4.69, 9.17) is 0 Å². The summed E-state index contributed by atoms with van der Waals surface area (Å²) in [5, 5.41) is 3.89. The lowest BCUT2D eigenvalue weighted by Gasteiger charge is -2.05. The van der Waals surface area contributed by atoms with Crippen LogP contribution in [0.5, 0.6) is 0 Å². The third-order valence-electron chi connectivity index (χ3n) is 3.16. The van der Waals surface area contributed by atoms with E-state index in [9.17, 15) is 22.4 Å². The van der Waals surface area contributed by atoms with Gasteiger partial charge < -0.3 is 0 Å². The second-order valence-electron chi connectivity index (χ2n) is 4.95. The molecule has 0 fully saturated rings. The molecule has 1 aromatic carbocycles. The minimum absolute atomic E-state index is 0.118. The first-order valence-electron chi connectivity index (χ1n) is 6.70. The molecule has 2 aromatic heterocycles. The first kappa shape index (κ1) is 16.5. The zero-order valence-electron chi connectivity index (χ0n) is 12.2. The molecule has 0 spiro atoms. The fourth-order valence-electron chi connectivity index (χ4n) is 2.20. The average Bonchev–Trinajstić information content (AvgIpc) is 2.82. The van der Waals surface area contributed by atoms with Crippen molar-refractivity contribution in [2.24, 2.45) is 0 Å². The Morgan fingerprint density at radius 2 is 1.92 bits per heavy atom. The van der Waals surface area contributed by atoms with Gasteiger partial charge >= 0.3 is 11.9 Å². The Morgan fingerprint density at radius 3 is 2.54 bits per heavy atom. The van der Waals surface area contributed by atoms with Crippen LogP contribution in [-0.2, 0) is 0 Å². The van der Waals surface area contributed by atoms with E-state index in [-0.39, 0.29) is 10.8 Å². The first-order valence-corrected chi connectivity index (χ1v) is 7.68. The fraction of sp³-hybridized carbons (Fsp3) is 0.214. The maximum Gasteiger partial charge on any atom is 0.398 e. The molecular weight excluding hydrogens is 348 g/mol. The van der Waals surface area contributed by atoms with Crippen LogP contribution in [0, 0.1) is 12.7 Å². The molecule has 0 atom stereocenters. The molecule has 24 heavy (non-hydrogen) atoms. The van der Waals surface area contributed by atoms with Crippen molar-refractivity contribution in [1.82, 2.24) is 19.6 Å². The molecule has 0 bridgehead atoms. The molecule has 1 N–H and O–H groups in total. The van der Waals surface area contributed by atoms with E-state index in [2.05, 4.69) is 15.1 Å². The summed E-state index contributed by atoms with van der Waals surface area (Å²) in [5.74, 6) is -1.61. The maximum atomic E-state index is 13.1. The van der Waals surface area contributed by atoms with Crippen LogP contribution < -0.4 is 5.69 Å². The summed E-state index contributed by atoms with van der Waals surface area (Å²) in [7, 11) is 0. The number of nitrogens with zero attached hydrogens (tertiary/aromatic N) is 3. The number of thioether (sulfide) groups is 1. The van der Waals surface area contributed by atoms with Gasteiger partial charge in [0.15, 0.2) is 10.8 Å². The number of alkyl halides is 3. The quantitative estimate of drug-likeness (QED) is 0.577.